The van der Waals surface area contributed by atoms with Crippen LogP contribution in [0.25, 0.3) is 5.57 Å². The molecule has 0 saturated heterocycles. The molecule has 0 atom stereocenters. The lowest BCUT2D eigenvalue weighted by Crippen LogP contribution is -2.34. The maximum atomic E-state index is 13.7. The molecule has 0 aromatic heterocycles. The van der Waals surface area contributed by atoms with Crippen molar-refractivity contribution in [2.45, 2.75) is 20.0 Å². The maximum absolute atomic E-state index is 13.7. The Balaban J connectivity index is 1.52. The van der Waals surface area contributed by atoms with Crippen LogP contribution in [0.1, 0.15) is 23.6 Å². The van der Waals surface area contributed by atoms with Gasteiger partial charge in [0, 0.05) is 13.1 Å². The monoisotopic (exact) mass is 458 g/mol. The third-order valence-electron chi connectivity index (χ3n) is 5.97. The SMILES string of the molecule is CCN(Cc1ccccc1)C1=C(c2ccc(F)cc2)C(=O)N(Cc2ccc3c(c2)OCO3)C1=O. The Hall–Kier alpha value is -4.13. The number of benzene rings is 3. The van der Waals surface area contributed by atoms with Gasteiger partial charge in [-0.2, -0.15) is 0 Å². The maximum Gasteiger partial charge on any atom is 0.278 e. The number of rotatable bonds is 7. The van der Waals surface area contributed by atoms with E-state index >= 15 is 0 Å². The molecule has 2 heterocycles. The molecule has 0 fully saturated rings. The minimum absolute atomic E-state index is 0.0887. The molecule has 7 heteroatoms. The van der Waals surface area contributed by atoms with Crippen LogP contribution in [0.15, 0.2) is 78.5 Å². The zero-order valence-corrected chi connectivity index (χ0v) is 18.7. The summed E-state index contributed by atoms with van der Waals surface area (Å²) >= 11 is 0. The molecule has 0 bridgehead atoms. The van der Waals surface area contributed by atoms with Crippen LogP contribution < -0.4 is 9.47 Å². The molecule has 34 heavy (non-hydrogen) atoms. The molecule has 2 aliphatic heterocycles. The first kappa shape index (κ1) is 21.7. The Labute approximate surface area is 196 Å². The van der Waals surface area contributed by atoms with Crippen molar-refractivity contribution in [1.82, 2.24) is 9.80 Å². The number of hydrogen-bond donors (Lipinski definition) is 0. The topological polar surface area (TPSA) is 59.1 Å². The van der Waals surface area contributed by atoms with E-state index < -0.39 is 11.7 Å². The summed E-state index contributed by atoms with van der Waals surface area (Å²) in [5.74, 6) is 0.0311. The number of hydrogen-bond acceptors (Lipinski definition) is 5. The van der Waals surface area contributed by atoms with E-state index in [-0.39, 0.29) is 24.8 Å². The first-order valence-corrected chi connectivity index (χ1v) is 11.1. The Bertz CT molecular complexity index is 1270. The van der Waals surface area contributed by atoms with E-state index in [2.05, 4.69) is 0 Å². The van der Waals surface area contributed by atoms with Crippen LogP contribution in [0.3, 0.4) is 0 Å². The van der Waals surface area contributed by atoms with Crippen molar-refractivity contribution in [2.24, 2.45) is 0 Å². The molecule has 6 nitrogen and oxygen atoms in total. The van der Waals surface area contributed by atoms with E-state index in [1.54, 1.807) is 12.1 Å². The number of ether oxygens (including phenoxy) is 2. The minimum atomic E-state index is -0.407. The van der Waals surface area contributed by atoms with Gasteiger partial charge < -0.3 is 14.4 Å². The molecular weight excluding hydrogens is 435 g/mol. The highest BCUT2D eigenvalue weighted by Gasteiger charge is 2.41. The smallest absolute Gasteiger partial charge is 0.278 e. The summed E-state index contributed by atoms with van der Waals surface area (Å²) in [6.07, 6.45) is 0. The van der Waals surface area contributed by atoms with Crippen molar-refractivity contribution >= 4 is 17.4 Å². The standard InChI is InChI=1S/C27H23FN2O4/c1-2-29(15-18-6-4-3-5-7-18)25-24(20-9-11-21(28)12-10-20)26(31)30(27(25)32)16-19-8-13-22-23(14-19)34-17-33-22/h3-14H,2,15-17H2,1H3. The summed E-state index contributed by atoms with van der Waals surface area (Å²) in [4.78, 5) is 30.4. The van der Waals surface area contributed by atoms with Gasteiger partial charge in [-0.1, -0.05) is 48.5 Å². The molecule has 0 radical (unpaired) electrons. The van der Waals surface area contributed by atoms with Crippen LogP contribution in [0.4, 0.5) is 4.39 Å². The van der Waals surface area contributed by atoms with Gasteiger partial charge in [-0.15, -0.1) is 0 Å². The molecule has 2 amide bonds. The second-order valence-electron chi connectivity index (χ2n) is 8.11. The zero-order chi connectivity index (χ0) is 23.7. The number of amides is 2. The number of carbonyl (C=O) groups is 2. The summed E-state index contributed by atoms with van der Waals surface area (Å²) in [5, 5.41) is 0. The van der Waals surface area contributed by atoms with Crippen molar-refractivity contribution in [3.05, 3.63) is 101 Å². The van der Waals surface area contributed by atoms with E-state index in [1.807, 2.05) is 48.2 Å². The number of fused-ring (bicyclic) bond motifs is 1. The van der Waals surface area contributed by atoms with E-state index in [9.17, 15) is 14.0 Å². The normalized spacial score (nSPS) is 14.8. The first-order chi connectivity index (χ1) is 16.5. The summed E-state index contributed by atoms with van der Waals surface area (Å²) in [6, 6.07) is 20.8. The summed E-state index contributed by atoms with van der Waals surface area (Å²) in [6.45, 7) is 3.16. The third kappa shape index (κ3) is 4.01. The van der Waals surface area contributed by atoms with Crippen LogP contribution in [-0.4, -0.2) is 35.0 Å². The summed E-state index contributed by atoms with van der Waals surface area (Å²) in [7, 11) is 0. The number of likely N-dealkylation sites (N-methyl/N-ethyl adjacent to an activating group) is 1. The highest BCUT2D eigenvalue weighted by molar-refractivity contribution is 6.35. The van der Waals surface area contributed by atoms with E-state index in [0.717, 1.165) is 11.1 Å². The lowest BCUT2D eigenvalue weighted by molar-refractivity contribution is -0.138. The number of nitrogens with zero attached hydrogens (tertiary/aromatic N) is 2. The van der Waals surface area contributed by atoms with Crippen LogP contribution in [0.2, 0.25) is 0 Å². The molecule has 3 aromatic carbocycles. The fraction of sp³-hybridized carbons (Fsp3) is 0.185. The lowest BCUT2D eigenvalue weighted by atomic mass is 10.0. The van der Waals surface area contributed by atoms with E-state index in [1.165, 1.54) is 29.2 Å². The van der Waals surface area contributed by atoms with Crippen molar-refractivity contribution in [3.63, 3.8) is 0 Å². The van der Waals surface area contributed by atoms with E-state index in [0.29, 0.717) is 35.8 Å². The van der Waals surface area contributed by atoms with Crippen molar-refractivity contribution in [3.8, 4) is 11.5 Å². The largest absolute Gasteiger partial charge is 0.454 e. The average molecular weight is 458 g/mol. The fourth-order valence-electron chi connectivity index (χ4n) is 4.25. The fourth-order valence-corrected chi connectivity index (χ4v) is 4.25. The Morgan fingerprint density at radius 3 is 2.35 bits per heavy atom. The Kier molecular flexibility index (Phi) is 5.76. The molecule has 3 aromatic rings. The Morgan fingerprint density at radius 2 is 1.62 bits per heavy atom. The van der Waals surface area contributed by atoms with Crippen molar-refractivity contribution in [2.75, 3.05) is 13.3 Å². The average Bonchev–Trinajstić information content (AvgIpc) is 3.42. The second kappa shape index (κ2) is 9.02. The van der Waals surface area contributed by atoms with Gasteiger partial charge in [0.25, 0.3) is 11.8 Å². The van der Waals surface area contributed by atoms with Gasteiger partial charge in [-0.25, -0.2) is 4.39 Å². The van der Waals surface area contributed by atoms with Crippen molar-refractivity contribution < 1.29 is 23.5 Å². The van der Waals surface area contributed by atoms with Gasteiger partial charge in [-0.05, 0) is 47.9 Å². The molecule has 0 saturated carbocycles. The van der Waals surface area contributed by atoms with Crippen LogP contribution in [0.5, 0.6) is 11.5 Å². The van der Waals surface area contributed by atoms with E-state index in [4.69, 9.17) is 9.47 Å². The molecule has 0 N–H and O–H groups in total. The first-order valence-electron chi connectivity index (χ1n) is 11.1. The highest BCUT2D eigenvalue weighted by atomic mass is 19.1. The lowest BCUT2D eigenvalue weighted by Gasteiger charge is -2.25. The zero-order valence-electron chi connectivity index (χ0n) is 18.7. The minimum Gasteiger partial charge on any atom is -0.454 e. The van der Waals surface area contributed by atoms with Gasteiger partial charge in [-0.3, -0.25) is 14.5 Å². The van der Waals surface area contributed by atoms with Crippen molar-refractivity contribution in [1.29, 1.82) is 0 Å². The molecule has 0 unspecified atom stereocenters. The molecule has 0 aliphatic carbocycles. The van der Waals surface area contributed by atoms with Gasteiger partial charge in [0.1, 0.15) is 11.5 Å². The summed E-state index contributed by atoms with van der Waals surface area (Å²) < 4.78 is 24.4. The number of carbonyl (C=O) groups excluding carboxylic acids is 2. The second-order valence-corrected chi connectivity index (χ2v) is 8.11. The number of imide groups is 1. The number of halogens is 1. The molecule has 0 spiro atoms. The predicted molar refractivity (Wildman–Crippen MR) is 124 cm³/mol. The molecule has 2 aliphatic rings. The van der Waals surface area contributed by atoms with Crippen LogP contribution in [-0.2, 0) is 22.7 Å². The molecule has 5 rings (SSSR count). The van der Waals surface area contributed by atoms with Gasteiger partial charge in [0.2, 0.25) is 6.79 Å². The van der Waals surface area contributed by atoms with Crippen LogP contribution >= 0.6 is 0 Å². The Morgan fingerprint density at radius 1 is 0.882 bits per heavy atom. The van der Waals surface area contributed by atoms with Gasteiger partial charge in [0.05, 0.1) is 12.1 Å². The third-order valence-corrected chi connectivity index (χ3v) is 5.97. The molecule has 172 valence electrons. The predicted octanol–water partition coefficient (Wildman–Crippen LogP) is 4.36. The summed E-state index contributed by atoms with van der Waals surface area (Å²) in [5.41, 5.74) is 2.88. The highest BCUT2D eigenvalue weighted by Crippen LogP contribution is 2.36. The van der Waals surface area contributed by atoms with Crippen LogP contribution in [0, 0.1) is 5.82 Å². The molecular formula is C27H23FN2O4. The van der Waals surface area contributed by atoms with Gasteiger partial charge in [0.15, 0.2) is 11.5 Å². The quantitative estimate of drug-likeness (QED) is 0.493. The van der Waals surface area contributed by atoms with Gasteiger partial charge >= 0.3 is 0 Å².